The number of nitrogens with two attached hydrogens (primary N) is 1. The normalized spacial score (nSPS) is 13.9. The number of carbonyl (C=O) groups excluding carboxylic acids is 1. The molecule has 3 rings (SSSR count). The standard InChI is InChI=1S/C15H13N3O/c16-8-14-12-2-1-11(10-3-5-17-6-4-10)7-13(12)15(19)9-18-14/h1-7H,8-9,16H2. The molecule has 0 saturated carbocycles. The third-order valence-corrected chi connectivity index (χ3v) is 3.25. The highest BCUT2D eigenvalue weighted by atomic mass is 16.1. The van der Waals surface area contributed by atoms with Gasteiger partial charge in [-0.15, -0.1) is 0 Å². The number of nitrogens with zero attached hydrogens (tertiary/aromatic N) is 2. The number of rotatable bonds is 2. The highest BCUT2D eigenvalue weighted by molar-refractivity contribution is 6.16. The first kappa shape index (κ1) is 11.7. The molecule has 2 heterocycles. The van der Waals surface area contributed by atoms with Crippen molar-refractivity contribution in [1.82, 2.24) is 4.98 Å². The molecule has 94 valence electrons. The Morgan fingerprint density at radius 2 is 1.84 bits per heavy atom. The molecular formula is C15H13N3O. The molecule has 0 spiro atoms. The number of aliphatic imine (C=N–C) groups is 1. The average Bonchev–Trinajstić information content (AvgIpc) is 2.48. The fraction of sp³-hybridized carbons (Fsp3) is 0.133. The van der Waals surface area contributed by atoms with Crippen molar-refractivity contribution in [2.24, 2.45) is 10.7 Å². The maximum Gasteiger partial charge on any atom is 0.184 e. The molecule has 1 aliphatic rings. The van der Waals surface area contributed by atoms with Crippen LogP contribution in [0.3, 0.4) is 0 Å². The molecule has 4 nitrogen and oxygen atoms in total. The van der Waals surface area contributed by atoms with E-state index < -0.39 is 0 Å². The molecule has 0 amide bonds. The number of aromatic nitrogens is 1. The number of carbonyl (C=O) groups is 1. The first-order valence-electron chi connectivity index (χ1n) is 6.11. The van der Waals surface area contributed by atoms with Gasteiger partial charge in [0.15, 0.2) is 5.78 Å². The van der Waals surface area contributed by atoms with E-state index in [1.807, 2.05) is 30.3 Å². The van der Waals surface area contributed by atoms with E-state index in [2.05, 4.69) is 9.98 Å². The molecule has 1 aromatic heterocycles. The van der Waals surface area contributed by atoms with Gasteiger partial charge in [-0.1, -0.05) is 12.1 Å². The van der Waals surface area contributed by atoms with Crippen molar-refractivity contribution in [3.8, 4) is 11.1 Å². The topological polar surface area (TPSA) is 68.3 Å². The van der Waals surface area contributed by atoms with Gasteiger partial charge in [-0.2, -0.15) is 0 Å². The third kappa shape index (κ3) is 2.06. The summed E-state index contributed by atoms with van der Waals surface area (Å²) in [6.45, 7) is 0.550. The van der Waals surface area contributed by atoms with Crippen molar-refractivity contribution in [3.05, 3.63) is 53.9 Å². The smallest absolute Gasteiger partial charge is 0.184 e. The summed E-state index contributed by atoms with van der Waals surface area (Å²) >= 11 is 0. The Labute approximate surface area is 111 Å². The molecule has 1 aromatic carbocycles. The Morgan fingerprint density at radius 3 is 2.58 bits per heavy atom. The highest BCUT2D eigenvalue weighted by Gasteiger charge is 2.20. The van der Waals surface area contributed by atoms with Crippen LogP contribution in [0.2, 0.25) is 0 Å². The summed E-state index contributed by atoms with van der Waals surface area (Å²) in [6.07, 6.45) is 3.48. The lowest BCUT2D eigenvalue weighted by atomic mass is 9.93. The Morgan fingerprint density at radius 1 is 1.05 bits per heavy atom. The van der Waals surface area contributed by atoms with Crippen LogP contribution in [0.25, 0.3) is 11.1 Å². The van der Waals surface area contributed by atoms with Crippen molar-refractivity contribution in [1.29, 1.82) is 0 Å². The van der Waals surface area contributed by atoms with Gasteiger partial charge >= 0.3 is 0 Å². The average molecular weight is 251 g/mol. The number of fused-ring (bicyclic) bond motifs is 1. The van der Waals surface area contributed by atoms with Crippen molar-refractivity contribution < 1.29 is 4.79 Å². The van der Waals surface area contributed by atoms with E-state index in [1.165, 1.54) is 0 Å². The van der Waals surface area contributed by atoms with Crippen LogP contribution in [0.5, 0.6) is 0 Å². The molecule has 0 radical (unpaired) electrons. The maximum atomic E-state index is 12.0. The molecule has 2 aromatic rings. The van der Waals surface area contributed by atoms with Crippen LogP contribution in [-0.2, 0) is 0 Å². The number of ketones is 1. The summed E-state index contributed by atoms with van der Waals surface area (Å²) in [4.78, 5) is 20.2. The summed E-state index contributed by atoms with van der Waals surface area (Å²) in [5.74, 6) is 0.0445. The van der Waals surface area contributed by atoms with Crippen molar-refractivity contribution >= 4 is 11.5 Å². The van der Waals surface area contributed by atoms with Gasteiger partial charge in [0.1, 0.15) is 6.54 Å². The number of hydrogen-bond donors (Lipinski definition) is 1. The second-order valence-corrected chi connectivity index (χ2v) is 4.39. The third-order valence-electron chi connectivity index (χ3n) is 3.25. The predicted octanol–water partition coefficient (Wildman–Crippen LogP) is 1.69. The monoisotopic (exact) mass is 251 g/mol. The highest BCUT2D eigenvalue weighted by Crippen LogP contribution is 2.24. The van der Waals surface area contributed by atoms with E-state index in [0.717, 1.165) is 22.4 Å². The van der Waals surface area contributed by atoms with E-state index in [9.17, 15) is 4.79 Å². The summed E-state index contributed by atoms with van der Waals surface area (Å²) in [7, 11) is 0. The van der Waals surface area contributed by atoms with Crippen LogP contribution in [0.4, 0.5) is 0 Å². The van der Waals surface area contributed by atoms with Crippen molar-refractivity contribution in [3.63, 3.8) is 0 Å². The lowest BCUT2D eigenvalue weighted by Crippen LogP contribution is -2.24. The van der Waals surface area contributed by atoms with E-state index >= 15 is 0 Å². The lowest BCUT2D eigenvalue weighted by molar-refractivity contribution is 0.1000. The summed E-state index contributed by atoms with van der Waals surface area (Å²) in [6, 6.07) is 9.67. The number of hydrogen-bond acceptors (Lipinski definition) is 4. The summed E-state index contributed by atoms with van der Waals surface area (Å²) in [5.41, 5.74) is 10.1. The van der Waals surface area contributed by atoms with Crippen molar-refractivity contribution in [2.75, 3.05) is 13.1 Å². The number of pyridine rings is 1. The molecular weight excluding hydrogens is 238 g/mol. The van der Waals surface area contributed by atoms with Crippen LogP contribution in [0.1, 0.15) is 15.9 Å². The van der Waals surface area contributed by atoms with Gasteiger partial charge in [0, 0.05) is 30.1 Å². The molecule has 2 N–H and O–H groups in total. The van der Waals surface area contributed by atoms with Crippen LogP contribution < -0.4 is 5.73 Å². The lowest BCUT2D eigenvalue weighted by Gasteiger charge is -2.16. The van der Waals surface area contributed by atoms with E-state index in [0.29, 0.717) is 12.1 Å². The van der Waals surface area contributed by atoms with Gasteiger partial charge in [0.2, 0.25) is 0 Å². The Kier molecular flexibility index (Phi) is 2.93. The van der Waals surface area contributed by atoms with E-state index in [1.54, 1.807) is 12.4 Å². The number of benzene rings is 1. The Hall–Kier alpha value is -2.33. The first-order valence-corrected chi connectivity index (χ1v) is 6.11. The molecule has 0 unspecified atom stereocenters. The Bertz CT molecular complexity index is 662. The van der Waals surface area contributed by atoms with Gasteiger partial charge in [-0.3, -0.25) is 14.8 Å². The van der Waals surface area contributed by atoms with Gasteiger partial charge in [0.25, 0.3) is 0 Å². The molecule has 1 aliphatic heterocycles. The quantitative estimate of drug-likeness (QED) is 0.883. The zero-order chi connectivity index (χ0) is 13.2. The van der Waals surface area contributed by atoms with E-state index in [-0.39, 0.29) is 12.3 Å². The molecule has 19 heavy (non-hydrogen) atoms. The molecule has 4 heteroatoms. The zero-order valence-electron chi connectivity index (χ0n) is 10.3. The predicted molar refractivity (Wildman–Crippen MR) is 74.5 cm³/mol. The van der Waals surface area contributed by atoms with E-state index in [4.69, 9.17) is 5.73 Å². The fourth-order valence-electron chi connectivity index (χ4n) is 2.26. The Balaban J connectivity index is 2.12. The fourth-order valence-corrected chi connectivity index (χ4v) is 2.26. The minimum absolute atomic E-state index is 0.0445. The second kappa shape index (κ2) is 4.74. The summed E-state index contributed by atoms with van der Waals surface area (Å²) < 4.78 is 0. The maximum absolute atomic E-state index is 12.0. The first-order chi connectivity index (χ1) is 9.29. The minimum atomic E-state index is 0.0445. The van der Waals surface area contributed by atoms with Crippen LogP contribution in [0.15, 0.2) is 47.7 Å². The molecule has 0 saturated heterocycles. The van der Waals surface area contributed by atoms with Gasteiger partial charge < -0.3 is 5.73 Å². The van der Waals surface area contributed by atoms with Crippen LogP contribution in [0, 0.1) is 0 Å². The zero-order valence-corrected chi connectivity index (χ0v) is 10.3. The second-order valence-electron chi connectivity index (χ2n) is 4.39. The molecule has 0 fully saturated rings. The van der Waals surface area contributed by atoms with Gasteiger partial charge in [-0.25, -0.2) is 0 Å². The SMILES string of the molecule is NCC1=NCC(=O)c2cc(-c3ccncc3)ccc21. The van der Waals surface area contributed by atoms with Gasteiger partial charge in [0.05, 0.1) is 5.71 Å². The van der Waals surface area contributed by atoms with Crippen molar-refractivity contribution in [2.45, 2.75) is 0 Å². The van der Waals surface area contributed by atoms with Gasteiger partial charge in [-0.05, 0) is 29.3 Å². The number of Topliss-reactive ketones (excluding diaryl/α,β-unsaturated/α-hetero) is 1. The van der Waals surface area contributed by atoms with Crippen LogP contribution in [-0.4, -0.2) is 29.6 Å². The summed E-state index contributed by atoms with van der Waals surface area (Å²) in [5, 5.41) is 0. The molecule has 0 bridgehead atoms. The molecule has 0 aliphatic carbocycles. The van der Waals surface area contributed by atoms with Crippen LogP contribution >= 0.6 is 0 Å². The molecule has 0 atom stereocenters. The largest absolute Gasteiger partial charge is 0.325 e. The minimum Gasteiger partial charge on any atom is -0.325 e.